The van der Waals surface area contributed by atoms with Gasteiger partial charge >= 0.3 is 0 Å². The van der Waals surface area contributed by atoms with Crippen LogP contribution >= 0.6 is 0 Å². The van der Waals surface area contributed by atoms with E-state index >= 15 is 0 Å². The molecule has 10 heteroatoms. The second-order valence-corrected chi connectivity index (χ2v) is 8.57. The summed E-state index contributed by atoms with van der Waals surface area (Å²) in [7, 11) is -3.67. The Morgan fingerprint density at radius 2 is 1.97 bits per heavy atom. The first-order valence-corrected chi connectivity index (χ1v) is 10.5. The van der Waals surface area contributed by atoms with Crippen molar-refractivity contribution in [3.05, 3.63) is 70.3 Å². The quantitative estimate of drug-likeness (QED) is 0.533. The van der Waals surface area contributed by atoms with Crippen LogP contribution in [0, 0.1) is 6.92 Å². The van der Waals surface area contributed by atoms with Gasteiger partial charge in [0.2, 0.25) is 0 Å². The van der Waals surface area contributed by atoms with E-state index in [-0.39, 0.29) is 5.82 Å². The highest BCUT2D eigenvalue weighted by Gasteiger charge is 2.18. The number of aryl methyl sites for hydroxylation is 1. The number of hydrogen-bond acceptors (Lipinski definition) is 7. The second kappa shape index (κ2) is 7.13. The average Bonchev–Trinajstić information content (AvgIpc) is 3.32. The van der Waals surface area contributed by atoms with Crippen molar-refractivity contribution in [2.45, 2.75) is 18.4 Å². The smallest absolute Gasteiger partial charge is 0.270 e. The number of H-pyrrole nitrogens is 1. The number of nitrogens with zero attached hydrogens (tertiary/aromatic N) is 4. The van der Waals surface area contributed by atoms with Crippen molar-refractivity contribution in [3.8, 4) is 22.9 Å². The predicted octanol–water partition coefficient (Wildman–Crippen LogP) is 2.05. The largest absolute Gasteiger partial charge is 0.364 e. The zero-order valence-corrected chi connectivity index (χ0v) is 16.5. The summed E-state index contributed by atoms with van der Waals surface area (Å²) >= 11 is 0. The summed E-state index contributed by atoms with van der Waals surface area (Å²) in [4.78, 5) is 18.4. The molecule has 0 aliphatic heterocycles. The van der Waals surface area contributed by atoms with Gasteiger partial charge in [-0.1, -0.05) is 29.4 Å². The van der Waals surface area contributed by atoms with E-state index in [1.807, 2.05) is 31.2 Å². The van der Waals surface area contributed by atoms with Gasteiger partial charge in [-0.25, -0.2) is 13.4 Å². The fraction of sp³-hybridized carbons (Fsp3) is 0.158. The molecule has 0 fully saturated rings. The van der Waals surface area contributed by atoms with Crippen LogP contribution in [0.15, 0.2) is 63.1 Å². The molecular weight excluding hydrogens is 394 g/mol. The van der Waals surface area contributed by atoms with Gasteiger partial charge in [-0.15, -0.1) is 0 Å². The molecule has 0 radical (unpaired) electrons. The molecule has 3 heterocycles. The van der Waals surface area contributed by atoms with Crippen molar-refractivity contribution in [3.63, 3.8) is 0 Å². The first-order chi connectivity index (χ1) is 13.8. The van der Waals surface area contributed by atoms with E-state index < -0.39 is 20.3 Å². The highest BCUT2D eigenvalue weighted by atomic mass is 32.2. The van der Waals surface area contributed by atoms with E-state index in [0.29, 0.717) is 23.6 Å². The Morgan fingerprint density at radius 3 is 2.62 bits per heavy atom. The molecule has 1 aromatic carbocycles. The van der Waals surface area contributed by atoms with Crippen LogP contribution in [0.5, 0.6) is 0 Å². The molecule has 0 saturated heterocycles. The molecule has 0 spiro atoms. The van der Waals surface area contributed by atoms with Crippen molar-refractivity contribution >= 4 is 9.84 Å². The highest BCUT2D eigenvalue weighted by molar-refractivity contribution is 7.90. The number of aromatic amines is 1. The van der Waals surface area contributed by atoms with Crippen LogP contribution in [0.4, 0.5) is 0 Å². The average molecular weight is 411 g/mol. The van der Waals surface area contributed by atoms with Crippen LogP contribution in [0.2, 0.25) is 0 Å². The zero-order valence-electron chi connectivity index (χ0n) is 15.7. The lowest BCUT2D eigenvalue weighted by atomic mass is 10.1. The molecule has 0 amide bonds. The van der Waals surface area contributed by atoms with Gasteiger partial charge in [0, 0.05) is 12.3 Å². The van der Waals surface area contributed by atoms with Crippen molar-refractivity contribution in [1.29, 1.82) is 0 Å². The third-order valence-corrected chi connectivity index (χ3v) is 5.56. The van der Waals surface area contributed by atoms with Crippen molar-refractivity contribution < 1.29 is 12.9 Å². The Kier molecular flexibility index (Phi) is 4.63. The third kappa shape index (κ3) is 3.74. The Morgan fingerprint density at radius 1 is 1.17 bits per heavy atom. The van der Waals surface area contributed by atoms with E-state index in [0.717, 1.165) is 23.6 Å². The molecule has 9 nitrogen and oxygen atoms in total. The minimum atomic E-state index is -3.67. The Labute approximate surface area is 165 Å². The summed E-state index contributed by atoms with van der Waals surface area (Å²) in [5, 5.41) is 8.53. The maximum absolute atomic E-state index is 12.2. The third-order valence-electron chi connectivity index (χ3n) is 4.47. The maximum atomic E-state index is 12.2. The van der Waals surface area contributed by atoms with Crippen LogP contribution in [-0.2, 0) is 16.4 Å². The Balaban J connectivity index is 1.81. The number of aromatic nitrogens is 5. The van der Waals surface area contributed by atoms with Crippen LogP contribution in [0.25, 0.3) is 22.9 Å². The van der Waals surface area contributed by atoms with Crippen molar-refractivity contribution in [2.75, 3.05) is 6.26 Å². The zero-order chi connectivity index (χ0) is 20.6. The summed E-state index contributed by atoms with van der Waals surface area (Å²) in [5.41, 5.74) is 3.07. The van der Waals surface area contributed by atoms with E-state index in [1.165, 1.54) is 6.26 Å². The SMILES string of the molecule is Cc1ccccc1Cn1nc(-c2ncc(S(C)(=O)=O)c(=O)[nH]2)cc1-c1ccon1. The summed E-state index contributed by atoms with van der Waals surface area (Å²) in [6, 6.07) is 11.4. The fourth-order valence-corrected chi connectivity index (χ4v) is 3.56. The Bertz CT molecular complexity index is 1340. The van der Waals surface area contributed by atoms with Crippen LogP contribution in [0.3, 0.4) is 0 Å². The number of nitrogens with one attached hydrogen (secondary N) is 1. The van der Waals surface area contributed by atoms with E-state index in [1.54, 1.807) is 16.8 Å². The number of benzene rings is 1. The fourth-order valence-electron chi connectivity index (χ4n) is 2.93. The molecule has 0 saturated carbocycles. The predicted molar refractivity (Wildman–Crippen MR) is 105 cm³/mol. The topological polar surface area (TPSA) is 124 Å². The lowest BCUT2D eigenvalue weighted by Gasteiger charge is -2.08. The van der Waals surface area contributed by atoms with Crippen LogP contribution in [-0.4, -0.2) is 39.6 Å². The van der Waals surface area contributed by atoms with Gasteiger partial charge < -0.3 is 9.51 Å². The number of hydrogen-bond donors (Lipinski definition) is 1. The minimum Gasteiger partial charge on any atom is -0.364 e. The molecule has 4 aromatic rings. The van der Waals surface area contributed by atoms with Gasteiger partial charge in [0.15, 0.2) is 15.7 Å². The van der Waals surface area contributed by atoms with E-state index in [2.05, 4.69) is 20.2 Å². The molecule has 148 valence electrons. The first-order valence-electron chi connectivity index (χ1n) is 8.66. The molecule has 0 bridgehead atoms. The lowest BCUT2D eigenvalue weighted by molar-refractivity contribution is 0.421. The number of sulfone groups is 1. The number of rotatable bonds is 5. The van der Waals surface area contributed by atoms with E-state index in [9.17, 15) is 13.2 Å². The van der Waals surface area contributed by atoms with Crippen LogP contribution in [0.1, 0.15) is 11.1 Å². The van der Waals surface area contributed by atoms with Crippen molar-refractivity contribution in [2.24, 2.45) is 0 Å². The van der Waals surface area contributed by atoms with Gasteiger partial charge in [-0.3, -0.25) is 9.48 Å². The van der Waals surface area contributed by atoms with Gasteiger partial charge in [-0.05, 0) is 24.1 Å². The molecule has 0 unspecified atom stereocenters. The maximum Gasteiger partial charge on any atom is 0.270 e. The molecule has 4 rings (SSSR count). The Hall–Kier alpha value is -3.53. The van der Waals surface area contributed by atoms with Gasteiger partial charge in [0.25, 0.3) is 5.56 Å². The first kappa shape index (κ1) is 18.8. The van der Waals surface area contributed by atoms with Gasteiger partial charge in [-0.2, -0.15) is 5.10 Å². The van der Waals surface area contributed by atoms with Crippen LogP contribution < -0.4 is 5.56 Å². The summed E-state index contributed by atoms with van der Waals surface area (Å²) in [6.45, 7) is 2.49. The normalized spacial score (nSPS) is 11.7. The molecular formula is C19H17N5O4S. The monoisotopic (exact) mass is 411 g/mol. The molecule has 1 N–H and O–H groups in total. The van der Waals surface area contributed by atoms with E-state index in [4.69, 9.17) is 4.52 Å². The summed E-state index contributed by atoms with van der Waals surface area (Å²) < 4.78 is 30.0. The molecule has 29 heavy (non-hydrogen) atoms. The second-order valence-electron chi connectivity index (χ2n) is 6.58. The highest BCUT2D eigenvalue weighted by Crippen LogP contribution is 2.24. The minimum absolute atomic E-state index is 0.163. The molecule has 3 aromatic heterocycles. The summed E-state index contributed by atoms with van der Waals surface area (Å²) in [6.07, 6.45) is 3.46. The molecule has 0 aliphatic carbocycles. The van der Waals surface area contributed by atoms with Gasteiger partial charge in [0.05, 0.1) is 18.4 Å². The van der Waals surface area contributed by atoms with Gasteiger partial charge in [0.1, 0.15) is 22.5 Å². The lowest BCUT2D eigenvalue weighted by Crippen LogP contribution is -2.18. The molecule has 0 aliphatic rings. The van der Waals surface area contributed by atoms with Crippen molar-refractivity contribution in [1.82, 2.24) is 24.9 Å². The molecule has 0 atom stereocenters. The standard InChI is InChI=1S/C19H17N5O4S/c1-12-5-3-4-6-13(12)11-24-16(14-7-8-28-23-14)9-15(22-24)18-20-10-17(19(25)21-18)29(2,26)27/h3-10H,11H2,1-2H3,(H,20,21,25). The summed E-state index contributed by atoms with van der Waals surface area (Å²) in [5.74, 6) is 0.163.